The van der Waals surface area contributed by atoms with Crippen molar-refractivity contribution in [1.29, 1.82) is 0 Å². The molecular formula is C27H26NO4PS. The number of hydrogen-bond donors (Lipinski definition) is 0. The largest absolute Gasteiger partial charge is 0.873 e. The van der Waals surface area contributed by atoms with E-state index in [9.17, 15) is 18.3 Å². The SMILES string of the molecule is CC12CCCN1S(=O)(=O)C(C(=O)C[P+](c1ccccc1)(c1ccccc1)c1ccccc1)=C2[O-]. The topological polar surface area (TPSA) is 77.5 Å². The number of carbonyl (C=O) groups excluding carboxylic acids is 1. The highest BCUT2D eigenvalue weighted by Crippen LogP contribution is 2.56. The predicted molar refractivity (Wildman–Crippen MR) is 135 cm³/mol. The van der Waals surface area contributed by atoms with Crippen LogP contribution < -0.4 is 21.0 Å². The van der Waals surface area contributed by atoms with Gasteiger partial charge in [-0.15, -0.1) is 0 Å². The van der Waals surface area contributed by atoms with Crippen molar-refractivity contribution < 1.29 is 18.3 Å². The van der Waals surface area contributed by atoms with Crippen LogP contribution in [0.1, 0.15) is 19.8 Å². The van der Waals surface area contributed by atoms with Crippen LogP contribution in [0.25, 0.3) is 0 Å². The van der Waals surface area contributed by atoms with Gasteiger partial charge in [-0.2, -0.15) is 4.31 Å². The molecule has 2 aliphatic heterocycles. The molecule has 0 aliphatic carbocycles. The lowest BCUT2D eigenvalue weighted by atomic mass is 9.97. The van der Waals surface area contributed by atoms with E-state index in [-0.39, 0.29) is 12.7 Å². The average Bonchev–Trinajstić information content (AvgIpc) is 3.33. The van der Waals surface area contributed by atoms with Gasteiger partial charge in [0.2, 0.25) is 15.8 Å². The third-order valence-electron chi connectivity index (χ3n) is 7.04. The molecule has 0 N–H and O–H groups in total. The van der Waals surface area contributed by atoms with Crippen LogP contribution in [0, 0.1) is 0 Å². The van der Waals surface area contributed by atoms with Crippen molar-refractivity contribution in [3.63, 3.8) is 0 Å². The van der Waals surface area contributed by atoms with E-state index in [1.807, 2.05) is 91.0 Å². The summed E-state index contributed by atoms with van der Waals surface area (Å²) in [7, 11) is -6.72. The van der Waals surface area contributed by atoms with Gasteiger partial charge in [0, 0.05) is 12.1 Å². The van der Waals surface area contributed by atoms with Crippen molar-refractivity contribution >= 4 is 39.0 Å². The quantitative estimate of drug-likeness (QED) is 0.496. The van der Waals surface area contributed by atoms with E-state index in [1.165, 1.54) is 4.31 Å². The molecule has 0 radical (unpaired) electrons. The summed E-state index contributed by atoms with van der Waals surface area (Å²) >= 11 is 0. The van der Waals surface area contributed by atoms with Gasteiger partial charge < -0.3 is 5.11 Å². The number of Topliss-reactive ketones (excluding diaryl/α,β-unsaturated/α-hetero) is 1. The zero-order valence-electron chi connectivity index (χ0n) is 18.9. The molecule has 5 rings (SSSR count). The molecule has 174 valence electrons. The molecule has 3 aromatic rings. The summed E-state index contributed by atoms with van der Waals surface area (Å²) in [6, 6.07) is 29.3. The molecule has 0 bridgehead atoms. The number of carbonyl (C=O) groups is 1. The molecule has 1 fully saturated rings. The Morgan fingerprint density at radius 2 is 1.32 bits per heavy atom. The number of fused-ring (bicyclic) bond motifs is 1. The Morgan fingerprint density at radius 1 is 0.882 bits per heavy atom. The number of sulfonamides is 1. The van der Waals surface area contributed by atoms with Gasteiger partial charge in [-0.3, -0.25) is 4.79 Å². The minimum atomic E-state index is -4.12. The van der Waals surface area contributed by atoms with Crippen molar-refractivity contribution in [1.82, 2.24) is 4.31 Å². The molecule has 0 saturated carbocycles. The van der Waals surface area contributed by atoms with Gasteiger partial charge in [-0.25, -0.2) is 8.42 Å². The summed E-state index contributed by atoms with van der Waals surface area (Å²) in [6.07, 6.45) is 1.01. The monoisotopic (exact) mass is 491 g/mol. The van der Waals surface area contributed by atoms with Crippen molar-refractivity contribution in [2.75, 3.05) is 12.7 Å². The fourth-order valence-corrected chi connectivity index (χ4v) is 11.6. The van der Waals surface area contributed by atoms with E-state index in [0.717, 1.165) is 15.9 Å². The van der Waals surface area contributed by atoms with Gasteiger partial charge in [-0.1, -0.05) is 60.4 Å². The molecule has 7 heteroatoms. The van der Waals surface area contributed by atoms with E-state index in [1.54, 1.807) is 6.92 Å². The van der Waals surface area contributed by atoms with Crippen LogP contribution in [0.3, 0.4) is 0 Å². The molecule has 0 spiro atoms. The second-order valence-corrected chi connectivity index (χ2v) is 14.3. The second kappa shape index (κ2) is 8.46. The molecule has 5 nitrogen and oxygen atoms in total. The average molecular weight is 492 g/mol. The zero-order valence-corrected chi connectivity index (χ0v) is 20.6. The Labute approximate surface area is 201 Å². The summed E-state index contributed by atoms with van der Waals surface area (Å²) in [6.45, 7) is 1.92. The number of nitrogens with zero attached hydrogens (tertiary/aromatic N) is 1. The Bertz CT molecular complexity index is 1260. The van der Waals surface area contributed by atoms with Crippen LogP contribution in [0.2, 0.25) is 0 Å². The molecule has 3 aromatic carbocycles. The van der Waals surface area contributed by atoms with Crippen molar-refractivity contribution in [3.05, 3.63) is 102 Å². The van der Waals surface area contributed by atoms with E-state index in [0.29, 0.717) is 12.8 Å². The number of rotatable bonds is 6. The maximum atomic E-state index is 13.9. The maximum Gasteiger partial charge on any atom is 0.246 e. The van der Waals surface area contributed by atoms with Gasteiger partial charge in [0.25, 0.3) is 0 Å². The fourth-order valence-electron chi connectivity index (χ4n) is 5.35. The van der Waals surface area contributed by atoms with Crippen LogP contribution in [-0.4, -0.2) is 36.8 Å². The highest BCUT2D eigenvalue weighted by molar-refractivity contribution is 7.97. The van der Waals surface area contributed by atoms with Crippen LogP contribution in [-0.2, 0) is 14.8 Å². The summed E-state index contributed by atoms with van der Waals surface area (Å²) < 4.78 is 28.0. The summed E-state index contributed by atoms with van der Waals surface area (Å²) in [5, 5.41) is 16.3. The Hall–Kier alpha value is -2.79. The third-order valence-corrected chi connectivity index (χ3v) is 13.4. The lowest BCUT2D eigenvalue weighted by Crippen LogP contribution is -2.42. The number of hydrogen-bond acceptors (Lipinski definition) is 4. The van der Waals surface area contributed by atoms with Crippen molar-refractivity contribution in [3.8, 4) is 0 Å². The lowest BCUT2D eigenvalue weighted by Gasteiger charge is -2.32. The minimum absolute atomic E-state index is 0.0603. The number of ketones is 1. The summed E-state index contributed by atoms with van der Waals surface area (Å²) in [5.74, 6) is -1.15. The van der Waals surface area contributed by atoms with Crippen molar-refractivity contribution in [2.45, 2.75) is 25.3 Å². The van der Waals surface area contributed by atoms with Crippen LogP contribution >= 0.6 is 7.26 Å². The van der Waals surface area contributed by atoms with Gasteiger partial charge in [-0.05, 0) is 56.2 Å². The summed E-state index contributed by atoms with van der Waals surface area (Å²) in [4.78, 5) is 13.4. The van der Waals surface area contributed by atoms with E-state index < -0.39 is 39.3 Å². The highest BCUT2D eigenvalue weighted by Gasteiger charge is 2.56. The second-order valence-electron chi connectivity index (χ2n) is 9.01. The molecule has 0 amide bonds. The van der Waals surface area contributed by atoms with E-state index in [2.05, 4.69) is 0 Å². The van der Waals surface area contributed by atoms with E-state index >= 15 is 0 Å². The first-order valence-corrected chi connectivity index (χ1v) is 14.8. The molecule has 2 aliphatic rings. The van der Waals surface area contributed by atoms with Gasteiger partial charge >= 0.3 is 0 Å². The summed E-state index contributed by atoms with van der Waals surface area (Å²) in [5.41, 5.74) is -1.14. The van der Waals surface area contributed by atoms with Gasteiger partial charge in [0.05, 0.1) is 0 Å². The van der Waals surface area contributed by atoms with Gasteiger partial charge in [0.15, 0.2) is 0 Å². The molecule has 0 aromatic heterocycles. The molecule has 1 atom stereocenters. The van der Waals surface area contributed by atoms with E-state index in [4.69, 9.17) is 0 Å². The normalized spacial score (nSPS) is 22.0. The van der Waals surface area contributed by atoms with Crippen molar-refractivity contribution in [2.24, 2.45) is 0 Å². The third kappa shape index (κ3) is 3.36. The standard InChI is InChI=1S/C27H26NO4PS/c1-27-18-11-19-28(27)34(31,32)25(26(27)30)24(29)20-33(21-12-5-2-6-13-21,22-14-7-3-8-15-22)23-16-9-4-10-17-23/h2-10,12-17H,11,18-20H2,1H3. The highest BCUT2D eigenvalue weighted by atomic mass is 32.2. The molecule has 2 heterocycles. The first-order valence-electron chi connectivity index (χ1n) is 11.3. The number of allylic oxidation sites excluding steroid dienone is 1. The van der Waals surface area contributed by atoms with Gasteiger partial charge in [0.1, 0.15) is 34.2 Å². The fraction of sp³-hybridized carbons (Fsp3) is 0.222. The lowest BCUT2D eigenvalue weighted by molar-refractivity contribution is -0.319. The first-order chi connectivity index (χ1) is 16.3. The Morgan fingerprint density at radius 3 is 1.74 bits per heavy atom. The molecular weight excluding hydrogens is 465 g/mol. The van der Waals surface area contributed by atoms with Crippen LogP contribution in [0.5, 0.6) is 0 Å². The predicted octanol–water partition coefficient (Wildman–Crippen LogP) is 2.32. The smallest absolute Gasteiger partial charge is 0.246 e. The van der Waals surface area contributed by atoms with Crippen LogP contribution in [0.4, 0.5) is 0 Å². The molecule has 1 unspecified atom stereocenters. The maximum absolute atomic E-state index is 13.9. The molecule has 1 saturated heterocycles. The van der Waals surface area contributed by atoms with Crippen LogP contribution in [0.15, 0.2) is 102 Å². The Kier molecular flexibility index (Phi) is 5.71. The zero-order chi connectivity index (χ0) is 24.0. The minimum Gasteiger partial charge on any atom is -0.873 e. The Balaban J connectivity index is 1.72. The first kappa shape index (κ1) is 23.0. The molecule has 34 heavy (non-hydrogen) atoms. The number of benzene rings is 3.